The van der Waals surface area contributed by atoms with Crippen LogP contribution in [0.15, 0.2) is 40.9 Å². The minimum absolute atomic E-state index is 0.0544. The Morgan fingerprint density at radius 3 is 2.78 bits per heavy atom. The molecule has 7 nitrogen and oxygen atoms in total. The quantitative estimate of drug-likeness (QED) is 0.516. The number of rotatable bonds is 8. The van der Waals surface area contributed by atoms with Crippen molar-refractivity contribution < 1.29 is 27.6 Å². The van der Waals surface area contributed by atoms with E-state index in [0.29, 0.717) is 41.9 Å². The fourth-order valence-corrected chi connectivity index (χ4v) is 3.60. The number of nitrogens with zero attached hydrogens (tertiary/aromatic N) is 3. The molecule has 0 radical (unpaired) electrons. The van der Waals surface area contributed by atoms with Crippen LogP contribution in [-0.2, 0) is 11.3 Å². The van der Waals surface area contributed by atoms with Gasteiger partial charge in [0.1, 0.15) is 11.6 Å². The molecule has 3 aromatic rings. The van der Waals surface area contributed by atoms with Gasteiger partial charge in [-0.15, -0.1) is 0 Å². The summed E-state index contributed by atoms with van der Waals surface area (Å²) in [5.41, 5.74) is 0.944. The van der Waals surface area contributed by atoms with Crippen molar-refractivity contribution >= 4 is 5.91 Å². The number of ether oxygens (including phenoxy) is 2. The van der Waals surface area contributed by atoms with E-state index in [1.807, 2.05) is 13.0 Å². The fraction of sp³-hybridized carbons (Fsp3) is 0.348. The Labute approximate surface area is 183 Å². The van der Waals surface area contributed by atoms with Crippen molar-refractivity contribution in [1.29, 1.82) is 0 Å². The Kier molecular flexibility index (Phi) is 6.34. The van der Waals surface area contributed by atoms with Crippen molar-refractivity contribution in [2.75, 3.05) is 20.3 Å². The highest BCUT2D eigenvalue weighted by Crippen LogP contribution is 2.34. The first-order valence-corrected chi connectivity index (χ1v) is 10.3. The van der Waals surface area contributed by atoms with Crippen molar-refractivity contribution in [3.63, 3.8) is 0 Å². The third kappa shape index (κ3) is 4.56. The van der Waals surface area contributed by atoms with Crippen molar-refractivity contribution in [2.45, 2.75) is 32.2 Å². The van der Waals surface area contributed by atoms with Crippen LogP contribution in [0.3, 0.4) is 0 Å². The molecular formula is C23H23F2N3O4. The second-order valence-electron chi connectivity index (χ2n) is 7.58. The molecule has 0 bridgehead atoms. The third-order valence-electron chi connectivity index (χ3n) is 5.27. The van der Waals surface area contributed by atoms with Crippen LogP contribution >= 0.6 is 0 Å². The van der Waals surface area contributed by atoms with Crippen molar-refractivity contribution in [3.05, 3.63) is 59.5 Å². The van der Waals surface area contributed by atoms with E-state index in [1.165, 1.54) is 17.0 Å². The zero-order valence-corrected chi connectivity index (χ0v) is 17.8. The van der Waals surface area contributed by atoms with Crippen LogP contribution in [0.2, 0.25) is 0 Å². The van der Waals surface area contributed by atoms with Crippen LogP contribution in [-0.4, -0.2) is 41.2 Å². The number of methoxy groups -OCH3 is 1. The summed E-state index contributed by atoms with van der Waals surface area (Å²) < 4.78 is 43.6. The van der Waals surface area contributed by atoms with Gasteiger partial charge in [-0.05, 0) is 30.7 Å². The normalized spacial score (nSPS) is 15.9. The van der Waals surface area contributed by atoms with Gasteiger partial charge in [0, 0.05) is 36.7 Å². The van der Waals surface area contributed by atoms with E-state index in [0.717, 1.165) is 12.5 Å². The lowest BCUT2D eigenvalue weighted by molar-refractivity contribution is -0.128. The minimum atomic E-state index is -0.679. The van der Waals surface area contributed by atoms with E-state index in [9.17, 15) is 13.6 Å². The molecule has 1 aromatic heterocycles. The van der Waals surface area contributed by atoms with E-state index < -0.39 is 11.6 Å². The molecule has 9 heteroatoms. The Morgan fingerprint density at radius 2 is 2.03 bits per heavy atom. The summed E-state index contributed by atoms with van der Waals surface area (Å²) in [5.74, 6) is 0.103. The van der Waals surface area contributed by atoms with E-state index >= 15 is 0 Å². The maximum atomic E-state index is 14.0. The first-order valence-electron chi connectivity index (χ1n) is 10.3. The van der Waals surface area contributed by atoms with E-state index in [2.05, 4.69) is 10.1 Å². The lowest BCUT2D eigenvalue weighted by Gasteiger charge is -2.16. The molecule has 1 saturated heterocycles. The second kappa shape index (κ2) is 9.33. The molecule has 0 N–H and O–H groups in total. The smallest absolute Gasteiger partial charge is 0.232 e. The molecule has 1 amide bonds. The molecule has 1 atom stereocenters. The molecule has 0 spiro atoms. The van der Waals surface area contributed by atoms with Crippen molar-refractivity contribution in [3.8, 4) is 22.9 Å². The summed E-state index contributed by atoms with van der Waals surface area (Å²) in [6.45, 7) is 2.96. The van der Waals surface area contributed by atoms with Gasteiger partial charge in [0.05, 0.1) is 19.6 Å². The molecular weight excluding hydrogens is 420 g/mol. The minimum Gasteiger partial charge on any atom is -0.493 e. The van der Waals surface area contributed by atoms with Crippen molar-refractivity contribution in [2.24, 2.45) is 0 Å². The summed E-state index contributed by atoms with van der Waals surface area (Å²) in [5, 5.41) is 4.04. The van der Waals surface area contributed by atoms with Crippen LogP contribution < -0.4 is 9.47 Å². The standard InChI is InChI=1S/C23H23F2N3O4/c1-3-8-31-19-7-5-14(9-20(19)30-2)22-26-23(32-27-22)16-10-21(29)28(13-16)12-15-4-6-17(24)11-18(15)25/h4-7,9,11,16H,3,8,10,12-13H2,1-2H3. The van der Waals surface area contributed by atoms with Gasteiger partial charge in [-0.25, -0.2) is 8.78 Å². The Morgan fingerprint density at radius 1 is 1.19 bits per heavy atom. The Bertz CT molecular complexity index is 1120. The molecule has 1 unspecified atom stereocenters. The summed E-state index contributed by atoms with van der Waals surface area (Å²) >= 11 is 0. The molecule has 168 valence electrons. The molecule has 0 saturated carbocycles. The number of hydrogen-bond acceptors (Lipinski definition) is 6. The Balaban J connectivity index is 1.47. The fourth-order valence-electron chi connectivity index (χ4n) is 3.60. The molecule has 0 aliphatic carbocycles. The van der Waals surface area contributed by atoms with E-state index in [-0.39, 0.29) is 30.4 Å². The molecule has 1 aliphatic rings. The molecule has 2 aromatic carbocycles. The summed E-state index contributed by atoms with van der Waals surface area (Å²) in [4.78, 5) is 18.4. The van der Waals surface area contributed by atoms with E-state index in [4.69, 9.17) is 14.0 Å². The van der Waals surface area contributed by atoms with Gasteiger partial charge in [-0.3, -0.25) is 4.79 Å². The van der Waals surface area contributed by atoms with Gasteiger partial charge in [0.2, 0.25) is 17.6 Å². The van der Waals surface area contributed by atoms with Crippen LogP contribution in [0.25, 0.3) is 11.4 Å². The zero-order chi connectivity index (χ0) is 22.7. The topological polar surface area (TPSA) is 77.7 Å². The van der Waals surface area contributed by atoms with Gasteiger partial charge in [0.25, 0.3) is 0 Å². The van der Waals surface area contributed by atoms with E-state index in [1.54, 1.807) is 19.2 Å². The number of halogens is 2. The average molecular weight is 443 g/mol. The van der Waals surface area contributed by atoms with Gasteiger partial charge in [-0.2, -0.15) is 4.98 Å². The first kappa shape index (κ1) is 21.7. The number of aromatic nitrogens is 2. The Hall–Kier alpha value is -3.49. The second-order valence-corrected chi connectivity index (χ2v) is 7.58. The van der Waals surface area contributed by atoms with Crippen LogP contribution in [0, 0.1) is 11.6 Å². The van der Waals surface area contributed by atoms with Crippen LogP contribution in [0.4, 0.5) is 8.78 Å². The molecule has 32 heavy (non-hydrogen) atoms. The lowest BCUT2D eigenvalue weighted by atomic mass is 10.1. The SMILES string of the molecule is CCCOc1ccc(-c2noc(C3CC(=O)N(Cc4ccc(F)cc4F)C3)n2)cc1OC. The lowest BCUT2D eigenvalue weighted by Crippen LogP contribution is -2.25. The van der Waals surface area contributed by atoms with Crippen LogP contribution in [0.5, 0.6) is 11.5 Å². The average Bonchev–Trinajstić information content (AvgIpc) is 3.41. The number of likely N-dealkylation sites (tertiary alicyclic amines) is 1. The maximum absolute atomic E-state index is 14.0. The summed E-state index contributed by atoms with van der Waals surface area (Å²) in [7, 11) is 1.56. The highest BCUT2D eigenvalue weighted by Gasteiger charge is 2.34. The van der Waals surface area contributed by atoms with Gasteiger partial charge in [0.15, 0.2) is 11.5 Å². The number of benzene rings is 2. The monoisotopic (exact) mass is 443 g/mol. The summed E-state index contributed by atoms with van der Waals surface area (Å²) in [6.07, 6.45) is 1.06. The van der Waals surface area contributed by atoms with Gasteiger partial charge in [-0.1, -0.05) is 18.1 Å². The van der Waals surface area contributed by atoms with Crippen LogP contribution in [0.1, 0.15) is 37.1 Å². The van der Waals surface area contributed by atoms with Gasteiger partial charge < -0.3 is 18.9 Å². The highest BCUT2D eigenvalue weighted by molar-refractivity contribution is 5.79. The number of carbonyl (C=O) groups excluding carboxylic acids is 1. The highest BCUT2D eigenvalue weighted by atomic mass is 19.1. The first-order chi connectivity index (χ1) is 15.5. The zero-order valence-electron chi connectivity index (χ0n) is 17.8. The third-order valence-corrected chi connectivity index (χ3v) is 5.27. The molecule has 1 aliphatic heterocycles. The number of hydrogen-bond donors (Lipinski definition) is 0. The molecule has 2 heterocycles. The predicted molar refractivity (Wildman–Crippen MR) is 111 cm³/mol. The number of carbonyl (C=O) groups is 1. The molecule has 4 rings (SSSR count). The van der Waals surface area contributed by atoms with Crippen molar-refractivity contribution in [1.82, 2.24) is 15.0 Å². The number of amides is 1. The molecule has 1 fully saturated rings. The summed E-state index contributed by atoms with van der Waals surface area (Å²) in [6, 6.07) is 8.70. The predicted octanol–water partition coefficient (Wildman–Crippen LogP) is 4.33. The van der Waals surface area contributed by atoms with Gasteiger partial charge >= 0.3 is 0 Å². The largest absolute Gasteiger partial charge is 0.493 e. The maximum Gasteiger partial charge on any atom is 0.232 e.